The van der Waals surface area contributed by atoms with Crippen LogP contribution >= 0.6 is 0 Å². The predicted molar refractivity (Wildman–Crippen MR) is 58.5 cm³/mol. The minimum atomic E-state index is -4.50. The largest absolute Gasteiger partial charge is 0.416 e. The van der Waals surface area contributed by atoms with Gasteiger partial charge in [-0.1, -0.05) is 0 Å². The van der Waals surface area contributed by atoms with Crippen molar-refractivity contribution < 1.29 is 18.0 Å². The summed E-state index contributed by atoms with van der Waals surface area (Å²) in [4.78, 5) is 13.0. The third-order valence-electron chi connectivity index (χ3n) is 2.35. The van der Waals surface area contributed by atoms with E-state index in [0.29, 0.717) is 6.54 Å². The summed E-state index contributed by atoms with van der Waals surface area (Å²) in [6, 6.07) is 2.86. The average molecular weight is 246 g/mol. The molecule has 6 heteroatoms. The van der Waals surface area contributed by atoms with Crippen molar-refractivity contribution in [1.29, 1.82) is 0 Å². The molecule has 0 unspecified atom stereocenters. The van der Waals surface area contributed by atoms with Gasteiger partial charge in [-0.15, -0.1) is 0 Å². The molecule has 0 atom stereocenters. The number of carbonyl (C=O) groups is 1. The number of nitrogens with two attached hydrogens (primary N) is 1. The Balaban J connectivity index is 3.19. The molecule has 1 rings (SSSR count). The Bertz CT molecular complexity index is 429. The lowest BCUT2D eigenvalue weighted by Crippen LogP contribution is -2.26. The monoisotopic (exact) mass is 246 g/mol. The van der Waals surface area contributed by atoms with Crippen molar-refractivity contribution in [2.24, 2.45) is 0 Å². The molecular weight excluding hydrogens is 233 g/mol. The number of rotatable bonds is 2. The highest BCUT2D eigenvalue weighted by molar-refractivity contribution is 5.95. The van der Waals surface area contributed by atoms with Gasteiger partial charge in [-0.2, -0.15) is 13.2 Å². The van der Waals surface area contributed by atoms with E-state index in [-0.39, 0.29) is 11.3 Å². The first-order valence-corrected chi connectivity index (χ1v) is 4.99. The fraction of sp³-hybridized carbons (Fsp3) is 0.364. The molecule has 0 radical (unpaired) electrons. The predicted octanol–water partition coefficient (Wildman–Crippen LogP) is 2.38. The highest BCUT2D eigenvalue weighted by Gasteiger charge is 2.31. The molecule has 94 valence electrons. The van der Waals surface area contributed by atoms with E-state index in [1.807, 2.05) is 0 Å². The van der Waals surface area contributed by atoms with Crippen molar-refractivity contribution in [2.75, 3.05) is 19.3 Å². The number of nitrogen functional groups attached to an aromatic ring is 1. The van der Waals surface area contributed by atoms with Crippen LogP contribution in [0.5, 0.6) is 0 Å². The summed E-state index contributed by atoms with van der Waals surface area (Å²) in [6.07, 6.45) is -4.50. The zero-order valence-corrected chi connectivity index (χ0v) is 9.51. The molecule has 1 aromatic carbocycles. The Morgan fingerprint density at radius 1 is 1.35 bits per heavy atom. The number of benzene rings is 1. The maximum Gasteiger partial charge on any atom is 0.416 e. The van der Waals surface area contributed by atoms with Gasteiger partial charge in [0.2, 0.25) is 0 Å². The van der Waals surface area contributed by atoms with Gasteiger partial charge in [-0.05, 0) is 25.1 Å². The molecule has 1 amide bonds. The fourth-order valence-electron chi connectivity index (χ4n) is 1.30. The van der Waals surface area contributed by atoms with Crippen molar-refractivity contribution in [2.45, 2.75) is 13.1 Å². The summed E-state index contributed by atoms with van der Waals surface area (Å²) < 4.78 is 37.5. The Kier molecular flexibility index (Phi) is 3.65. The zero-order chi connectivity index (χ0) is 13.2. The van der Waals surface area contributed by atoms with Gasteiger partial charge in [0.15, 0.2) is 0 Å². The molecule has 0 aromatic heterocycles. The second kappa shape index (κ2) is 4.65. The van der Waals surface area contributed by atoms with Crippen LogP contribution in [0.2, 0.25) is 0 Å². The van der Waals surface area contributed by atoms with E-state index in [0.717, 1.165) is 12.1 Å². The number of halogens is 3. The summed E-state index contributed by atoms with van der Waals surface area (Å²) in [5.41, 5.74) is 4.32. The first kappa shape index (κ1) is 13.3. The van der Waals surface area contributed by atoms with Crippen molar-refractivity contribution in [3.8, 4) is 0 Å². The average Bonchev–Trinajstić information content (AvgIpc) is 2.25. The number of hydrogen-bond acceptors (Lipinski definition) is 2. The second-order valence-electron chi connectivity index (χ2n) is 3.66. The van der Waals surface area contributed by atoms with Gasteiger partial charge in [-0.25, -0.2) is 0 Å². The van der Waals surface area contributed by atoms with Crippen molar-refractivity contribution in [1.82, 2.24) is 4.90 Å². The summed E-state index contributed by atoms with van der Waals surface area (Å²) in [5.74, 6) is -0.481. The molecule has 0 spiro atoms. The highest BCUT2D eigenvalue weighted by Crippen LogP contribution is 2.31. The molecule has 2 N–H and O–H groups in total. The topological polar surface area (TPSA) is 46.3 Å². The third-order valence-corrected chi connectivity index (χ3v) is 2.35. The van der Waals surface area contributed by atoms with E-state index >= 15 is 0 Å². The third kappa shape index (κ3) is 3.12. The van der Waals surface area contributed by atoms with Crippen LogP contribution in [-0.4, -0.2) is 24.4 Å². The highest BCUT2D eigenvalue weighted by atomic mass is 19.4. The fourth-order valence-corrected chi connectivity index (χ4v) is 1.30. The molecule has 0 saturated heterocycles. The minimum absolute atomic E-state index is 0.0540. The first-order valence-electron chi connectivity index (χ1n) is 4.99. The first-order chi connectivity index (χ1) is 7.75. The van der Waals surface area contributed by atoms with E-state index in [1.54, 1.807) is 6.92 Å². The van der Waals surface area contributed by atoms with Crippen LogP contribution in [0, 0.1) is 0 Å². The van der Waals surface area contributed by atoms with Gasteiger partial charge in [-0.3, -0.25) is 4.79 Å². The lowest BCUT2D eigenvalue weighted by molar-refractivity contribution is -0.137. The molecule has 0 aliphatic rings. The van der Waals surface area contributed by atoms with E-state index in [9.17, 15) is 18.0 Å². The van der Waals surface area contributed by atoms with Gasteiger partial charge in [0.05, 0.1) is 5.56 Å². The van der Waals surface area contributed by atoms with Crippen LogP contribution in [0.3, 0.4) is 0 Å². The van der Waals surface area contributed by atoms with Crippen LogP contribution in [0.15, 0.2) is 18.2 Å². The van der Waals surface area contributed by atoms with Gasteiger partial charge in [0, 0.05) is 24.8 Å². The summed E-state index contributed by atoms with van der Waals surface area (Å²) in [7, 11) is 1.51. The van der Waals surface area contributed by atoms with E-state index in [1.165, 1.54) is 18.0 Å². The SMILES string of the molecule is CCN(C)C(=O)c1cc(N)cc(C(F)(F)F)c1. The molecule has 0 aliphatic carbocycles. The van der Waals surface area contributed by atoms with Crippen LogP contribution in [0.25, 0.3) is 0 Å². The van der Waals surface area contributed by atoms with Gasteiger partial charge in [0.25, 0.3) is 5.91 Å². The minimum Gasteiger partial charge on any atom is -0.399 e. The number of amides is 1. The number of carbonyl (C=O) groups excluding carboxylic acids is 1. The molecule has 0 bridgehead atoms. The van der Waals surface area contributed by atoms with E-state index in [4.69, 9.17) is 5.73 Å². The van der Waals surface area contributed by atoms with Crippen molar-refractivity contribution in [3.05, 3.63) is 29.3 Å². The van der Waals surface area contributed by atoms with Crippen LogP contribution < -0.4 is 5.73 Å². The second-order valence-corrected chi connectivity index (χ2v) is 3.66. The molecule has 1 aromatic rings. The normalized spacial score (nSPS) is 11.4. The summed E-state index contributed by atoms with van der Waals surface area (Å²) >= 11 is 0. The van der Waals surface area contributed by atoms with Gasteiger partial charge < -0.3 is 10.6 Å². The van der Waals surface area contributed by atoms with Crippen LogP contribution in [-0.2, 0) is 6.18 Å². The maximum atomic E-state index is 12.5. The molecule has 0 aliphatic heterocycles. The quantitative estimate of drug-likeness (QED) is 0.814. The molecule has 0 fully saturated rings. The van der Waals surface area contributed by atoms with Gasteiger partial charge in [0.1, 0.15) is 0 Å². The lowest BCUT2D eigenvalue weighted by atomic mass is 10.1. The molecule has 17 heavy (non-hydrogen) atoms. The molecule has 3 nitrogen and oxygen atoms in total. The van der Waals surface area contributed by atoms with Crippen molar-refractivity contribution >= 4 is 11.6 Å². The van der Waals surface area contributed by atoms with E-state index < -0.39 is 17.6 Å². The summed E-state index contributed by atoms with van der Waals surface area (Å²) in [5, 5.41) is 0. The molecule has 0 heterocycles. The van der Waals surface area contributed by atoms with E-state index in [2.05, 4.69) is 0 Å². The van der Waals surface area contributed by atoms with Gasteiger partial charge >= 0.3 is 6.18 Å². The Morgan fingerprint density at radius 3 is 2.41 bits per heavy atom. The standard InChI is InChI=1S/C11H13F3N2O/c1-3-16(2)10(17)7-4-8(11(12,13)14)6-9(15)5-7/h4-6H,3,15H2,1-2H3. The smallest absolute Gasteiger partial charge is 0.399 e. The van der Waals surface area contributed by atoms with Crippen LogP contribution in [0.4, 0.5) is 18.9 Å². The number of nitrogens with zero attached hydrogens (tertiary/aromatic N) is 1. The maximum absolute atomic E-state index is 12.5. The summed E-state index contributed by atoms with van der Waals surface area (Å²) in [6.45, 7) is 2.14. The number of hydrogen-bond donors (Lipinski definition) is 1. The molecule has 0 saturated carbocycles. The Morgan fingerprint density at radius 2 is 1.94 bits per heavy atom. The lowest BCUT2D eigenvalue weighted by Gasteiger charge is -2.16. The Hall–Kier alpha value is -1.72. The zero-order valence-electron chi connectivity index (χ0n) is 9.51. The van der Waals surface area contributed by atoms with Crippen molar-refractivity contribution in [3.63, 3.8) is 0 Å². The Labute approximate surface area is 97.0 Å². The number of anilines is 1. The number of alkyl halides is 3. The van der Waals surface area contributed by atoms with Crippen LogP contribution in [0.1, 0.15) is 22.8 Å². The molecular formula is C11H13F3N2O.